The Hall–Kier alpha value is -2.18. The summed E-state index contributed by atoms with van der Waals surface area (Å²) < 4.78 is 20.3. The van der Waals surface area contributed by atoms with Crippen LogP contribution in [0.1, 0.15) is 45.1 Å². The number of nitrogens with zero attached hydrogens (tertiary/aromatic N) is 2. The zero-order valence-electron chi connectivity index (χ0n) is 18.9. The minimum Gasteiger partial charge on any atom is -0.494 e. The fraction of sp³-hybridized carbons (Fsp3) is 0.292. The highest BCUT2D eigenvalue weighted by molar-refractivity contribution is 14.1. The lowest BCUT2D eigenvalue weighted by molar-refractivity contribution is -0.143. The third-order valence-electron chi connectivity index (χ3n) is 5.03. The average Bonchev–Trinajstić information content (AvgIpc) is 3.25. The SMILES string of the molecule is CCOc1ccc([C@H]2C(C(=O)OC(C)C)=C(C)N=c3s/c(=C/c4cc(Br)c(I)o4)c(=O)n32)cc1. The van der Waals surface area contributed by atoms with E-state index in [0.29, 0.717) is 42.5 Å². The van der Waals surface area contributed by atoms with Crippen LogP contribution in [0.15, 0.2) is 60.3 Å². The molecule has 4 rings (SSSR count). The van der Waals surface area contributed by atoms with Crippen LogP contribution in [0.5, 0.6) is 5.75 Å². The quantitative estimate of drug-likeness (QED) is 0.287. The van der Waals surface area contributed by atoms with Crippen LogP contribution >= 0.6 is 49.9 Å². The molecule has 0 spiro atoms. The van der Waals surface area contributed by atoms with Crippen LogP contribution in [0, 0.1) is 3.77 Å². The number of esters is 1. The number of benzene rings is 1. The Morgan fingerprint density at radius 2 is 2.06 bits per heavy atom. The Balaban J connectivity index is 1.91. The standard InChI is InChI=1S/C24H22BrIN2O5S/c1-5-31-15-8-6-14(7-9-15)20-19(23(30)32-12(2)3)13(4)27-24-28(20)22(29)18(34-24)11-16-10-17(25)21(26)33-16/h6-12,20H,5H2,1-4H3/b18-11+/t20-/m0/s1. The maximum atomic E-state index is 13.6. The summed E-state index contributed by atoms with van der Waals surface area (Å²) in [5.41, 5.74) is 1.36. The molecular weight excluding hydrogens is 635 g/mol. The van der Waals surface area contributed by atoms with Gasteiger partial charge in [0.1, 0.15) is 11.5 Å². The first kappa shape index (κ1) is 24.9. The molecular formula is C24H22BrIN2O5S. The number of fused-ring (bicyclic) bond motifs is 1. The second kappa shape index (κ2) is 10.2. The van der Waals surface area contributed by atoms with Gasteiger partial charge in [-0.2, -0.15) is 0 Å². The number of halogens is 2. The number of carbonyl (C=O) groups is 1. The molecule has 34 heavy (non-hydrogen) atoms. The summed E-state index contributed by atoms with van der Waals surface area (Å²) in [4.78, 5) is 31.8. The molecule has 3 heterocycles. The van der Waals surface area contributed by atoms with E-state index in [9.17, 15) is 9.59 Å². The van der Waals surface area contributed by atoms with Gasteiger partial charge in [0.2, 0.25) is 0 Å². The Labute approximate surface area is 222 Å². The van der Waals surface area contributed by atoms with Gasteiger partial charge in [-0.15, -0.1) is 0 Å². The number of allylic oxidation sites excluding steroid dienone is 1. The molecule has 0 amide bonds. The van der Waals surface area contributed by atoms with Crippen LogP contribution < -0.4 is 19.6 Å². The fourth-order valence-corrected chi connectivity index (χ4v) is 5.40. The van der Waals surface area contributed by atoms with E-state index in [4.69, 9.17) is 13.9 Å². The van der Waals surface area contributed by atoms with E-state index in [1.165, 1.54) is 11.3 Å². The van der Waals surface area contributed by atoms with Crippen molar-refractivity contribution in [1.82, 2.24) is 4.57 Å². The number of rotatable bonds is 6. The first-order valence-electron chi connectivity index (χ1n) is 10.6. The van der Waals surface area contributed by atoms with Crippen LogP contribution in [0.2, 0.25) is 0 Å². The minimum absolute atomic E-state index is 0.257. The Morgan fingerprint density at radius 3 is 2.65 bits per heavy atom. The van der Waals surface area contributed by atoms with Crippen LogP contribution in [0.3, 0.4) is 0 Å². The summed E-state index contributed by atoms with van der Waals surface area (Å²) in [6.45, 7) is 7.80. The summed E-state index contributed by atoms with van der Waals surface area (Å²) in [6.07, 6.45) is 1.38. The van der Waals surface area contributed by atoms with Crippen molar-refractivity contribution in [2.75, 3.05) is 6.61 Å². The van der Waals surface area contributed by atoms with Crippen LogP contribution in [0.4, 0.5) is 0 Å². The highest BCUT2D eigenvalue weighted by Crippen LogP contribution is 2.32. The minimum atomic E-state index is -0.677. The Bertz CT molecular complexity index is 1430. The number of ether oxygens (including phenoxy) is 2. The van der Waals surface area contributed by atoms with E-state index in [1.807, 2.05) is 31.2 Å². The highest BCUT2D eigenvalue weighted by Gasteiger charge is 2.33. The number of hydrogen-bond donors (Lipinski definition) is 0. The van der Waals surface area contributed by atoms with Crippen molar-refractivity contribution in [3.8, 4) is 5.75 Å². The molecule has 1 aromatic carbocycles. The topological polar surface area (TPSA) is 83.0 Å². The number of furan rings is 1. The molecule has 3 aromatic rings. The average molecular weight is 657 g/mol. The molecule has 2 aromatic heterocycles. The number of hydrogen-bond acceptors (Lipinski definition) is 7. The number of carbonyl (C=O) groups excluding carboxylic acids is 1. The lowest BCUT2D eigenvalue weighted by Gasteiger charge is -2.25. The van der Waals surface area contributed by atoms with Gasteiger partial charge in [-0.25, -0.2) is 9.79 Å². The van der Waals surface area contributed by atoms with Gasteiger partial charge in [0.25, 0.3) is 5.56 Å². The molecule has 0 aliphatic carbocycles. The van der Waals surface area contributed by atoms with E-state index >= 15 is 0 Å². The predicted octanol–water partition coefficient (Wildman–Crippen LogP) is 4.55. The molecule has 7 nitrogen and oxygen atoms in total. The van der Waals surface area contributed by atoms with Crippen molar-refractivity contribution in [1.29, 1.82) is 0 Å². The maximum absolute atomic E-state index is 13.6. The number of aromatic nitrogens is 1. The molecule has 0 bridgehead atoms. The zero-order chi connectivity index (χ0) is 24.6. The first-order valence-corrected chi connectivity index (χ1v) is 13.3. The molecule has 10 heteroatoms. The molecule has 0 saturated heterocycles. The van der Waals surface area contributed by atoms with E-state index in [1.54, 1.807) is 37.5 Å². The highest BCUT2D eigenvalue weighted by atomic mass is 127. The lowest BCUT2D eigenvalue weighted by atomic mass is 9.96. The van der Waals surface area contributed by atoms with Gasteiger partial charge in [0.15, 0.2) is 8.57 Å². The predicted molar refractivity (Wildman–Crippen MR) is 142 cm³/mol. The normalized spacial score (nSPS) is 16.0. The van der Waals surface area contributed by atoms with Crippen molar-refractivity contribution in [3.05, 3.63) is 80.9 Å². The third-order valence-corrected chi connectivity index (χ3v) is 8.14. The molecule has 0 unspecified atom stereocenters. The van der Waals surface area contributed by atoms with Gasteiger partial charge in [0.05, 0.1) is 39.0 Å². The van der Waals surface area contributed by atoms with Crippen molar-refractivity contribution >= 4 is 61.9 Å². The largest absolute Gasteiger partial charge is 0.494 e. The van der Waals surface area contributed by atoms with Crippen molar-refractivity contribution in [2.24, 2.45) is 4.99 Å². The van der Waals surface area contributed by atoms with Crippen LogP contribution in [0.25, 0.3) is 6.08 Å². The second-order valence-corrected chi connectivity index (χ2v) is 10.7. The van der Waals surface area contributed by atoms with Gasteiger partial charge in [-0.1, -0.05) is 23.5 Å². The van der Waals surface area contributed by atoms with Gasteiger partial charge >= 0.3 is 5.97 Å². The van der Waals surface area contributed by atoms with Gasteiger partial charge in [-0.05, 0) is 67.4 Å². The maximum Gasteiger partial charge on any atom is 0.338 e. The molecule has 0 fully saturated rings. The fourth-order valence-electron chi connectivity index (χ4n) is 3.65. The Kier molecular flexibility index (Phi) is 7.48. The molecule has 0 radical (unpaired) electrons. The Morgan fingerprint density at radius 1 is 1.35 bits per heavy atom. The molecule has 0 saturated carbocycles. The molecule has 1 aliphatic heterocycles. The summed E-state index contributed by atoms with van der Waals surface area (Å²) in [5, 5.41) is 0. The van der Waals surface area contributed by atoms with Gasteiger partial charge < -0.3 is 13.9 Å². The molecule has 178 valence electrons. The summed E-state index contributed by atoms with van der Waals surface area (Å²) in [6, 6.07) is 8.51. The summed E-state index contributed by atoms with van der Waals surface area (Å²) in [5.74, 6) is 0.770. The van der Waals surface area contributed by atoms with Gasteiger partial charge in [0, 0.05) is 28.7 Å². The molecule has 1 aliphatic rings. The zero-order valence-corrected chi connectivity index (χ0v) is 23.5. The smallest absolute Gasteiger partial charge is 0.338 e. The van der Waals surface area contributed by atoms with E-state index in [0.717, 1.165) is 10.0 Å². The van der Waals surface area contributed by atoms with Crippen molar-refractivity contribution in [3.63, 3.8) is 0 Å². The van der Waals surface area contributed by atoms with Crippen molar-refractivity contribution in [2.45, 2.75) is 39.8 Å². The summed E-state index contributed by atoms with van der Waals surface area (Å²) in [7, 11) is 0. The van der Waals surface area contributed by atoms with Gasteiger partial charge in [-0.3, -0.25) is 9.36 Å². The van der Waals surface area contributed by atoms with E-state index in [-0.39, 0.29) is 11.7 Å². The molecule has 1 atom stereocenters. The second-order valence-electron chi connectivity index (χ2n) is 7.81. The third kappa shape index (κ3) is 4.94. The first-order chi connectivity index (χ1) is 16.2. The lowest BCUT2D eigenvalue weighted by Crippen LogP contribution is -2.40. The number of thiazole rings is 1. The van der Waals surface area contributed by atoms with Crippen LogP contribution in [-0.4, -0.2) is 23.2 Å². The molecule has 0 N–H and O–H groups in total. The van der Waals surface area contributed by atoms with Crippen molar-refractivity contribution < 1.29 is 18.7 Å². The van der Waals surface area contributed by atoms with Crippen LogP contribution in [-0.2, 0) is 9.53 Å². The van der Waals surface area contributed by atoms with E-state index < -0.39 is 12.0 Å². The summed E-state index contributed by atoms with van der Waals surface area (Å²) >= 11 is 6.75. The van der Waals surface area contributed by atoms with E-state index in [2.05, 4.69) is 43.5 Å². The monoisotopic (exact) mass is 656 g/mol.